The van der Waals surface area contributed by atoms with Crippen molar-refractivity contribution in [1.82, 2.24) is 4.98 Å². The molecule has 0 unspecified atom stereocenters. The van der Waals surface area contributed by atoms with Crippen LogP contribution >= 0.6 is 11.3 Å². The molecule has 0 amide bonds. The molecular weight excluding hydrogens is 161 g/mol. The Balaban J connectivity index is 0.000000461. The highest BCUT2D eigenvalue weighted by Crippen LogP contribution is 2.19. The van der Waals surface area contributed by atoms with Crippen LogP contribution in [0.5, 0.6) is 0 Å². The maximum absolute atomic E-state index is 12.2. The van der Waals surface area contributed by atoms with E-state index in [1.807, 2.05) is 27.7 Å². The maximum Gasteiger partial charge on any atom is 0.269 e. The first-order valence-electron chi connectivity index (χ1n) is 3.81. The Morgan fingerprint density at radius 2 is 2.00 bits per heavy atom. The molecule has 0 aliphatic carbocycles. The van der Waals surface area contributed by atoms with Crippen LogP contribution in [-0.4, -0.2) is 4.98 Å². The highest BCUT2D eigenvalue weighted by Gasteiger charge is 2.02. The zero-order valence-electron chi connectivity index (χ0n) is 7.39. The van der Waals surface area contributed by atoms with Crippen molar-refractivity contribution < 1.29 is 4.39 Å². The molecule has 1 nitrogen and oxygen atoms in total. The van der Waals surface area contributed by atoms with E-state index in [2.05, 4.69) is 4.98 Å². The third-order valence-corrected chi connectivity index (χ3v) is 2.15. The first-order valence-corrected chi connectivity index (χ1v) is 4.63. The molecule has 1 aromatic heterocycles. The summed E-state index contributed by atoms with van der Waals surface area (Å²) in [7, 11) is 0. The van der Waals surface area contributed by atoms with Gasteiger partial charge in [0.15, 0.2) is 0 Å². The van der Waals surface area contributed by atoms with Gasteiger partial charge in [-0.3, -0.25) is 0 Å². The molecule has 0 aliphatic heterocycles. The van der Waals surface area contributed by atoms with Gasteiger partial charge in [-0.2, -0.15) is 4.39 Å². The molecule has 0 spiro atoms. The maximum atomic E-state index is 12.2. The Hall–Kier alpha value is -0.440. The molecule has 0 aromatic carbocycles. The molecule has 3 heteroatoms. The van der Waals surface area contributed by atoms with Crippen LogP contribution in [0.2, 0.25) is 0 Å². The van der Waals surface area contributed by atoms with Gasteiger partial charge in [0.25, 0.3) is 5.26 Å². The molecule has 1 heterocycles. The van der Waals surface area contributed by atoms with Gasteiger partial charge in [0, 0.05) is 11.1 Å². The first kappa shape index (κ1) is 10.6. The van der Waals surface area contributed by atoms with E-state index < -0.39 is 0 Å². The summed E-state index contributed by atoms with van der Waals surface area (Å²) >= 11 is 1.12. The smallest absolute Gasteiger partial charge is 0.218 e. The van der Waals surface area contributed by atoms with Gasteiger partial charge in [-0.15, -0.1) is 0 Å². The molecule has 11 heavy (non-hydrogen) atoms. The monoisotopic (exact) mass is 175 g/mol. The standard InChI is InChI=1S/C6H8FNS.C2H6/c1-4(2)5-3-8-6(7)9-5;1-2/h3-4H,1-2H3;1-2H3. The number of hydrogen-bond donors (Lipinski definition) is 0. The molecule has 0 radical (unpaired) electrons. The topological polar surface area (TPSA) is 12.9 Å². The average Bonchev–Trinajstić information content (AvgIpc) is 2.40. The minimum atomic E-state index is -0.335. The van der Waals surface area contributed by atoms with Gasteiger partial charge in [0.2, 0.25) is 0 Å². The molecule has 0 saturated carbocycles. The number of halogens is 1. The van der Waals surface area contributed by atoms with Crippen molar-refractivity contribution >= 4 is 11.3 Å². The molecule has 0 saturated heterocycles. The fourth-order valence-corrected chi connectivity index (χ4v) is 1.17. The van der Waals surface area contributed by atoms with E-state index in [4.69, 9.17) is 0 Å². The fraction of sp³-hybridized carbons (Fsp3) is 0.625. The molecular formula is C8H14FNS. The summed E-state index contributed by atoms with van der Waals surface area (Å²) in [6, 6.07) is 0. The van der Waals surface area contributed by atoms with Crippen LogP contribution < -0.4 is 0 Å². The van der Waals surface area contributed by atoms with Crippen LogP contribution in [0.15, 0.2) is 6.20 Å². The number of rotatable bonds is 1. The third-order valence-electron chi connectivity index (χ3n) is 1.06. The molecule has 0 bridgehead atoms. The SMILES string of the molecule is CC.CC(C)c1cnc(F)s1. The normalized spacial score (nSPS) is 9.27. The van der Waals surface area contributed by atoms with E-state index in [1.165, 1.54) is 0 Å². The molecule has 0 atom stereocenters. The molecule has 0 aliphatic rings. The lowest BCUT2D eigenvalue weighted by Crippen LogP contribution is -1.77. The van der Waals surface area contributed by atoms with Gasteiger partial charge < -0.3 is 0 Å². The predicted molar refractivity (Wildman–Crippen MR) is 47.5 cm³/mol. The van der Waals surface area contributed by atoms with E-state index in [0.29, 0.717) is 5.92 Å². The third kappa shape index (κ3) is 3.46. The number of thiazole rings is 1. The van der Waals surface area contributed by atoms with Crippen LogP contribution in [-0.2, 0) is 0 Å². The summed E-state index contributed by atoms with van der Waals surface area (Å²) in [6.07, 6.45) is 1.59. The minimum absolute atomic E-state index is 0.335. The second-order valence-corrected chi connectivity index (χ2v) is 3.18. The summed E-state index contributed by atoms with van der Waals surface area (Å²) in [4.78, 5) is 4.50. The summed E-state index contributed by atoms with van der Waals surface area (Å²) < 4.78 is 12.2. The van der Waals surface area contributed by atoms with Gasteiger partial charge >= 0.3 is 0 Å². The van der Waals surface area contributed by atoms with Crippen LogP contribution in [0.1, 0.15) is 38.5 Å². The quantitative estimate of drug-likeness (QED) is 0.637. The summed E-state index contributed by atoms with van der Waals surface area (Å²) in [5, 5.41) is -0.335. The lowest BCUT2D eigenvalue weighted by Gasteiger charge is -1.94. The van der Waals surface area contributed by atoms with E-state index >= 15 is 0 Å². The number of hydrogen-bond acceptors (Lipinski definition) is 2. The minimum Gasteiger partial charge on any atom is -0.218 e. The van der Waals surface area contributed by atoms with E-state index in [9.17, 15) is 4.39 Å². The predicted octanol–water partition coefficient (Wildman–Crippen LogP) is 3.43. The van der Waals surface area contributed by atoms with Gasteiger partial charge in [0.1, 0.15) is 0 Å². The largest absolute Gasteiger partial charge is 0.269 e. The summed E-state index contributed by atoms with van der Waals surface area (Å²) in [5.74, 6) is 0.395. The lowest BCUT2D eigenvalue weighted by atomic mass is 10.2. The molecule has 64 valence electrons. The van der Waals surface area contributed by atoms with Crippen LogP contribution in [0.25, 0.3) is 0 Å². The number of aromatic nitrogens is 1. The van der Waals surface area contributed by atoms with E-state index in [0.717, 1.165) is 16.2 Å². The fourth-order valence-electron chi connectivity index (χ4n) is 0.531. The van der Waals surface area contributed by atoms with Crippen molar-refractivity contribution in [1.29, 1.82) is 0 Å². The highest BCUT2D eigenvalue weighted by molar-refractivity contribution is 7.10. The molecule has 0 fully saturated rings. The number of nitrogens with zero attached hydrogens (tertiary/aromatic N) is 1. The first-order chi connectivity index (χ1) is 5.20. The zero-order chi connectivity index (χ0) is 8.85. The van der Waals surface area contributed by atoms with Crippen molar-refractivity contribution in [3.8, 4) is 0 Å². The van der Waals surface area contributed by atoms with Gasteiger partial charge in [-0.25, -0.2) is 4.98 Å². The van der Waals surface area contributed by atoms with E-state index in [-0.39, 0.29) is 5.26 Å². The lowest BCUT2D eigenvalue weighted by molar-refractivity contribution is 0.617. The van der Waals surface area contributed by atoms with Crippen molar-refractivity contribution in [2.45, 2.75) is 33.6 Å². The second-order valence-electron chi connectivity index (χ2n) is 2.17. The molecule has 0 N–H and O–H groups in total. The van der Waals surface area contributed by atoms with Gasteiger partial charge in [-0.05, 0) is 5.92 Å². The van der Waals surface area contributed by atoms with Gasteiger partial charge in [-0.1, -0.05) is 39.0 Å². The van der Waals surface area contributed by atoms with Crippen molar-refractivity contribution in [2.75, 3.05) is 0 Å². The van der Waals surface area contributed by atoms with Crippen molar-refractivity contribution in [3.05, 3.63) is 16.3 Å². The average molecular weight is 175 g/mol. The van der Waals surface area contributed by atoms with Crippen LogP contribution in [0.3, 0.4) is 0 Å². The zero-order valence-corrected chi connectivity index (χ0v) is 8.20. The van der Waals surface area contributed by atoms with E-state index in [1.54, 1.807) is 6.20 Å². The second kappa shape index (κ2) is 5.24. The Labute approximate surface area is 71.3 Å². The van der Waals surface area contributed by atoms with Crippen molar-refractivity contribution in [3.63, 3.8) is 0 Å². The van der Waals surface area contributed by atoms with Crippen molar-refractivity contribution in [2.24, 2.45) is 0 Å². The Morgan fingerprint density at radius 3 is 2.18 bits per heavy atom. The highest BCUT2D eigenvalue weighted by atomic mass is 32.1. The van der Waals surface area contributed by atoms with Gasteiger partial charge in [0.05, 0.1) is 0 Å². The Morgan fingerprint density at radius 1 is 1.45 bits per heavy atom. The summed E-state index contributed by atoms with van der Waals surface area (Å²) in [5.41, 5.74) is 0. The molecule has 1 aromatic rings. The van der Waals surface area contributed by atoms with Crippen LogP contribution in [0.4, 0.5) is 4.39 Å². The molecule has 1 rings (SSSR count). The van der Waals surface area contributed by atoms with Crippen LogP contribution in [0, 0.1) is 5.26 Å². The summed E-state index contributed by atoms with van der Waals surface area (Å²) in [6.45, 7) is 8.04. The Kier molecular flexibility index (Phi) is 5.03. The Bertz CT molecular complexity index is 196.